The molecular weight excluding hydrogens is 474 g/mol. The van der Waals surface area contributed by atoms with Crippen molar-refractivity contribution in [2.24, 2.45) is 5.14 Å². The largest absolute Gasteiger partial charge is 0.285 e. The Balaban J connectivity index is 1.80. The highest BCUT2D eigenvalue weighted by Gasteiger charge is 2.32. The van der Waals surface area contributed by atoms with E-state index in [0.29, 0.717) is 16.5 Å². The number of nitrogens with one attached hydrogen (secondary N) is 1. The number of hydrogen-bond donors (Lipinski definition) is 2. The number of fused-ring (bicyclic) bond motifs is 1. The van der Waals surface area contributed by atoms with Crippen molar-refractivity contribution in [3.8, 4) is 11.3 Å². The molecule has 11 heteroatoms. The van der Waals surface area contributed by atoms with Crippen LogP contribution in [0, 0.1) is 0 Å². The maximum absolute atomic E-state index is 13.7. The number of nitrogens with two attached hydrogens (primary N) is 1. The number of carbonyl (C=O) groups excluding carboxylic acids is 1. The molecule has 1 amide bonds. The minimum atomic E-state index is -4.00. The lowest BCUT2D eigenvalue weighted by Crippen LogP contribution is -2.43. The SMILES string of the molecule is NS(=O)(=O)c1cccc(-c2nc3ccccc3c(Cl)c2C(=O)NN2CCCC(F)(F)CC2)c1. The van der Waals surface area contributed by atoms with Crippen LogP contribution < -0.4 is 10.6 Å². The standard InChI is InChI=1S/C22H21ClF2N4O3S/c23-19-16-7-1-2-8-17(16)27-20(14-5-3-6-15(13-14)33(26,31)32)18(19)21(30)28-29-11-4-9-22(24,25)10-12-29/h1-3,5-8,13H,4,9-12H2,(H,28,30)(H2,26,31,32). The Morgan fingerprint density at radius 3 is 2.64 bits per heavy atom. The van der Waals surface area contributed by atoms with E-state index in [1.807, 2.05) is 0 Å². The molecule has 1 aromatic heterocycles. The quantitative estimate of drug-likeness (QED) is 0.571. The predicted molar refractivity (Wildman–Crippen MR) is 121 cm³/mol. The zero-order valence-electron chi connectivity index (χ0n) is 17.4. The van der Waals surface area contributed by atoms with Crippen LogP contribution in [0.1, 0.15) is 29.6 Å². The van der Waals surface area contributed by atoms with Crippen LogP contribution in [-0.2, 0) is 10.0 Å². The number of hydrogen-bond acceptors (Lipinski definition) is 5. The third-order valence-electron chi connectivity index (χ3n) is 5.47. The number of halogens is 3. The smallest absolute Gasteiger partial charge is 0.269 e. The molecule has 1 saturated heterocycles. The highest BCUT2D eigenvalue weighted by atomic mass is 35.5. The normalized spacial score (nSPS) is 17.0. The molecule has 174 valence electrons. The Bertz CT molecular complexity index is 1330. The van der Waals surface area contributed by atoms with Crippen molar-refractivity contribution in [1.82, 2.24) is 15.4 Å². The van der Waals surface area contributed by atoms with Gasteiger partial charge in [-0.2, -0.15) is 0 Å². The second-order valence-corrected chi connectivity index (χ2v) is 9.82. The first kappa shape index (κ1) is 23.5. The van der Waals surface area contributed by atoms with Crippen molar-refractivity contribution in [3.63, 3.8) is 0 Å². The monoisotopic (exact) mass is 494 g/mol. The van der Waals surface area contributed by atoms with Gasteiger partial charge < -0.3 is 0 Å². The molecule has 1 aliphatic rings. The molecule has 3 aromatic rings. The lowest BCUT2D eigenvalue weighted by Gasteiger charge is -2.22. The maximum Gasteiger partial charge on any atom is 0.269 e. The van der Waals surface area contributed by atoms with Crippen LogP contribution in [0.25, 0.3) is 22.2 Å². The van der Waals surface area contributed by atoms with Gasteiger partial charge >= 0.3 is 0 Å². The van der Waals surface area contributed by atoms with Crippen LogP contribution in [0.3, 0.4) is 0 Å². The van der Waals surface area contributed by atoms with E-state index in [4.69, 9.17) is 16.7 Å². The van der Waals surface area contributed by atoms with Crippen LogP contribution >= 0.6 is 11.6 Å². The first-order chi connectivity index (χ1) is 15.5. The highest BCUT2D eigenvalue weighted by Crippen LogP contribution is 2.34. The molecule has 0 aliphatic carbocycles. The summed E-state index contributed by atoms with van der Waals surface area (Å²) in [6.45, 7) is 0.240. The minimum Gasteiger partial charge on any atom is -0.285 e. The van der Waals surface area contributed by atoms with E-state index in [1.165, 1.54) is 23.2 Å². The average Bonchev–Trinajstić information content (AvgIpc) is 2.93. The van der Waals surface area contributed by atoms with E-state index in [9.17, 15) is 22.0 Å². The number of sulfonamides is 1. The highest BCUT2D eigenvalue weighted by molar-refractivity contribution is 7.89. The van der Waals surface area contributed by atoms with Crippen LogP contribution in [0.5, 0.6) is 0 Å². The molecule has 1 aliphatic heterocycles. The number of carbonyl (C=O) groups is 1. The topological polar surface area (TPSA) is 105 Å². The molecule has 4 rings (SSSR count). The Hall–Kier alpha value is -2.66. The van der Waals surface area contributed by atoms with Crippen molar-refractivity contribution in [1.29, 1.82) is 0 Å². The molecule has 2 aromatic carbocycles. The lowest BCUT2D eigenvalue weighted by molar-refractivity contribution is -0.0143. The molecule has 0 unspecified atom stereocenters. The summed E-state index contributed by atoms with van der Waals surface area (Å²) in [6, 6.07) is 12.6. The van der Waals surface area contributed by atoms with E-state index >= 15 is 0 Å². The van der Waals surface area contributed by atoms with Gasteiger partial charge in [0.25, 0.3) is 5.91 Å². The number of aromatic nitrogens is 1. The van der Waals surface area contributed by atoms with Crippen molar-refractivity contribution in [2.75, 3.05) is 13.1 Å². The fraction of sp³-hybridized carbons (Fsp3) is 0.273. The molecule has 3 N–H and O–H groups in total. The summed E-state index contributed by atoms with van der Waals surface area (Å²) in [6.07, 6.45) is -0.399. The van der Waals surface area contributed by atoms with Crippen molar-refractivity contribution in [3.05, 3.63) is 59.1 Å². The van der Waals surface area contributed by atoms with Gasteiger partial charge in [-0.15, -0.1) is 0 Å². The Kier molecular flexibility index (Phi) is 6.37. The summed E-state index contributed by atoms with van der Waals surface area (Å²) < 4.78 is 51.1. The van der Waals surface area contributed by atoms with E-state index in [1.54, 1.807) is 30.3 Å². The molecule has 33 heavy (non-hydrogen) atoms. The summed E-state index contributed by atoms with van der Waals surface area (Å²) in [4.78, 5) is 17.7. The van der Waals surface area contributed by atoms with Gasteiger partial charge in [0.2, 0.25) is 15.9 Å². The Morgan fingerprint density at radius 1 is 1.12 bits per heavy atom. The number of alkyl halides is 2. The number of nitrogens with zero attached hydrogens (tertiary/aromatic N) is 2. The molecule has 2 heterocycles. The molecule has 7 nitrogen and oxygen atoms in total. The third-order valence-corrected chi connectivity index (χ3v) is 6.77. The molecular formula is C22H21ClF2N4O3S. The zero-order chi connectivity index (χ0) is 23.8. The summed E-state index contributed by atoms with van der Waals surface area (Å²) in [5, 5.41) is 7.35. The molecule has 0 bridgehead atoms. The summed E-state index contributed by atoms with van der Waals surface area (Å²) in [5.41, 5.74) is 3.66. The van der Waals surface area contributed by atoms with Crippen molar-refractivity contribution < 1.29 is 22.0 Å². The van der Waals surface area contributed by atoms with Crippen molar-refractivity contribution >= 4 is 38.4 Å². The lowest BCUT2D eigenvalue weighted by atomic mass is 10.0. The van der Waals surface area contributed by atoms with Crippen LogP contribution in [0.15, 0.2) is 53.4 Å². The number of rotatable bonds is 4. The third kappa shape index (κ3) is 5.14. The molecule has 0 radical (unpaired) electrons. The number of pyridine rings is 1. The number of hydrazine groups is 1. The summed E-state index contributed by atoms with van der Waals surface area (Å²) in [7, 11) is -4.00. The van der Waals surface area contributed by atoms with Gasteiger partial charge in [-0.25, -0.2) is 32.3 Å². The van der Waals surface area contributed by atoms with E-state index in [0.717, 1.165) is 0 Å². The van der Waals surface area contributed by atoms with Crippen LogP contribution in [-0.4, -0.2) is 43.3 Å². The zero-order valence-corrected chi connectivity index (χ0v) is 19.0. The van der Waals surface area contributed by atoms with Gasteiger partial charge in [0.05, 0.1) is 26.7 Å². The second kappa shape index (κ2) is 8.94. The fourth-order valence-corrected chi connectivity index (χ4v) is 4.68. The van der Waals surface area contributed by atoms with E-state index in [-0.39, 0.29) is 53.5 Å². The van der Waals surface area contributed by atoms with Crippen LogP contribution in [0.2, 0.25) is 5.02 Å². The maximum atomic E-state index is 13.7. The first-order valence-electron chi connectivity index (χ1n) is 10.2. The van der Waals surface area contributed by atoms with Gasteiger partial charge in [-0.1, -0.05) is 41.9 Å². The van der Waals surface area contributed by atoms with Crippen LogP contribution in [0.4, 0.5) is 8.78 Å². The van der Waals surface area contributed by atoms with E-state index in [2.05, 4.69) is 10.4 Å². The van der Waals surface area contributed by atoms with E-state index < -0.39 is 21.9 Å². The van der Waals surface area contributed by atoms with Gasteiger partial charge in [0, 0.05) is 36.9 Å². The predicted octanol–water partition coefficient (Wildman–Crippen LogP) is 3.97. The number of primary sulfonamides is 1. The van der Waals surface area contributed by atoms with Gasteiger partial charge in [-0.3, -0.25) is 10.2 Å². The Labute approximate surface area is 194 Å². The second-order valence-electron chi connectivity index (χ2n) is 7.88. The minimum absolute atomic E-state index is 0.0120. The average molecular weight is 495 g/mol. The first-order valence-corrected chi connectivity index (χ1v) is 12.1. The molecule has 0 atom stereocenters. The summed E-state index contributed by atoms with van der Waals surface area (Å²) in [5.74, 6) is -3.40. The number of para-hydroxylation sites is 1. The molecule has 0 spiro atoms. The van der Waals surface area contributed by atoms with Crippen molar-refractivity contribution in [2.45, 2.75) is 30.1 Å². The summed E-state index contributed by atoms with van der Waals surface area (Å²) >= 11 is 6.63. The Morgan fingerprint density at radius 2 is 1.88 bits per heavy atom. The van der Waals surface area contributed by atoms with Gasteiger partial charge in [0.1, 0.15) is 0 Å². The number of amides is 1. The van der Waals surface area contributed by atoms with Gasteiger partial charge in [0.15, 0.2) is 0 Å². The van der Waals surface area contributed by atoms with Gasteiger partial charge in [-0.05, 0) is 24.6 Å². The number of benzene rings is 2. The fourth-order valence-electron chi connectivity index (χ4n) is 3.78. The molecule has 0 saturated carbocycles. The molecule has 1 fully saturated rings.